The quantitative estimate of drug-likeness (QED) is 0.737. The Balaban J connectivity index is 1.73. The van der Waals surface area contributed by atoms with Gasteiger partial charge in [-0.25, -0.2) is 13.1 Å². The van der Waals surface area contributed by atoms with E-state index in [0.717, 1.165) is 18.5 Å². The molecule has 2 aromatic carbocycles. The molecule has 1 saturated heterocycles. The number of carbonyl (C=O) groups is 2. The summed E-state index contributed by atoms with van der Waals surface area (Å²) in [5, 5.41) is 2.75. The highest BCUT2D eigenvalue weighted by Crippen LogP contribution is 2.19. The van der Waals surface area contributed by atoms with Gasteiger partial charge in [0.25, 0.3) is 5.91 Å². The SMILES string of the molecule is CC(C)(C)NS(=O)(=O)c1cccc(NC(=O)c2cccc(CN3CCCC3=O)c2)c1. The van der Waals surface area contributed by atoms with Crippen LogP contribution >= 0.6 is 0 Å². The highest BCUT2D eigenvalue weighted by atomic mass is 32.2. The summed E-state index contributed by atoms with van der Waals surface area (Å²) in [5.74, 6) is -0.213. The van der Waals surface area contributed by atoms with E-state index in [-0.39, 0.29) is 16.7 Å². The molecule has 1 aliphatic heterocycles. The van der Waals surface area contributed by atoms with Crippen molar-refractivity contribution < 1.29 is 18.0 Å². The molecule has 7 nitrogen and oxygen atoms in total. The van der Waals surface area contributed by atoms with E-state index in [2.05, 4.69) is 10.0 Å². The molecule has 0 saturated carbocycles. The second kappa shape index (κ2) is 8.57. The fourth-order valence-electron chi connectivity index (χ4n) is 3.31. The zero-order valence-electron chi connectivity index (χ0n) is 17.4. The molecule has 0 aromatic heterocycles. The molecule has 0 spiro atoms. The lowest BCUT2D eigenvalue weighted by Gasteiger charge is -2.20. The van der Waals surface area contributed by atoms with Gasteiger partial charge in [0.05, 0.1) is 4.90 Å². The van der Waals surface area contributed by atoms with Crippen LogP contribution in [0.5, 0.6) is 0 Å². The Kier molecular flexibility index (Phi) is 6.28. The van der Waals surface area contributed by atoms with E-state index in [9.17, 15) is 18.0 Å². The van der Waals surface area contributed by atoms with Gasteiger partial charge in [-0.2, -0.15) is 0 Å². The molecule has 2 aromatic rings. The number of likely N-dealkylation sites (tertiary alicyclic amines) is 1. The van der Waals surface area contributed by atoms with Crippen LogP contribution in [0.25, 0.3) is 0 Å². The summed E-state index contributed by atoms with van der Waals surface area (Å²) in [7, 11) is -3.71. The van der Waals surface area contributed by atoms with Crippen molar-refractivity contribution in [1.82, 2.24) is 9.62 Å². The standard InChI is InChI=1S/C22H27N3O4S/c1-22(2,3)24-30(28,29)19-10-5-9-18(14-19)23-21(27)17-8-4-7-16(13-17)15-25-12-6-11-20(25)26/h4-5,7-10,13-14,24H,6,11-12,15H2,1-3H3,(H,23,27). The van der Waals surface area contributed by atoms with Crippen molar-refractivity contribution in [3.8, 4) is 0 Å². The number of hydrogen-bond acceptors (Lipinski definition) is 4. The Hall–Kier alpha value is -2.71. The largest absolute Gasteiger partial charge is 0.338 e. The lowest BCUT2D eigenvalue weighted by Crippen LogP contribution is -2.40. The third-order valence-electron chi connectivity index (χ3n) is 4.58. The fourth-order valence-corrected chi connectivity index (χ4v) is 4.77. The number of anilines is 1. The van der Waals surface area contributed by atoms with Gasteiger partial charge in [-0.1, -0.05) is 18.2 Å². The van der Waals surface area contributed by atoms with Crippen molar-refractivity contribution in [3.63, 3.8) is 0 Å². The second-order valence-corrected chi connectivity index (χ2v) is 10.1. The fraction of sp³-hybridized carbons (Fsp3) is 0.364. The van der Waals surface area contributed by atoms with E-state index in [1.165, 1.54) is 12.1 Å². The molecule has 2 N–H and O–H groups in total. The number of rotatable bonds is 6. The van der Waals surface area contributed by atoms with Gasteiger partial charge in [-0.15, -0.1) is 0 Å². The molecule has 0 aliphatic carbocycles. The maximum absolute atomic E-state index is 12.7. The molecule has 2 amide bonds. The lowest BCUT2D eigenvalue weighted by atomic mass is 10.1. The van der Waals surface area contributed by atoms with Crippen molar-refractivity contribution in [2.75, 3.05) is 11.9 Å². The number of hydrogen-bond donors (Lipinski definition) is 2. The minimum atomic E-state index is -3.71. The third kappa shape index (κ3) is 5.67. The summed E-state index contributed by atoms with van der Waals surface area (Å²) in [6.45, 7) is 6.50. The first-order valence-corrected chi connectivity index (χ1v) is 11.3. The highest BCUT2D eigenvalue weighted by Gasteiger charge is 2.23. The Morgan fingerprint density at radius 1 is 1.10 bits per heavy atom. The molecule has 1 fully saturated rings. The van der Waals surface area contributed by atoms with E-state index >= 15 is 0 Å². The second-order valence-electron chi connectivity index (χ2n) is 8.46. The molecular formula is C22H27N3O4S. The maximum atomic E-state index is 12.7. The zero-order valence-corrected chi connectivity index (χ0v) is 18.3. The van der Waals surface area contributed by atoms with E-state index in [0.29, 0.717) is 24.2 Å². The van der Waals surface area contributed by atoms with Crippen molar-refractivity contribution >= 4 is 27.5 Å². The first-order valence-electron chi connectivity index (χ1n) is 9.86. The first kappa shape index (κ1) is 22.0. The third-order valence-corrected chi connectivity index (χ3v) is 6.33. The van der Waals surface area contributed by atoms with E-state index in [1.54, 1.807) is 56.0 Å². The molecule has 0 unspecified atom stereocenters. The number of amides is 2. The molecule has 3 rings (SSSR count). The van der Waals surface area contributed by atoms with Crippen LogP contribution in [0.2, 0.25) is 0 Å². The maximum Gasteiger partial charge on any atom is 0.255 e. The van der Waals surface area contributed by atoms with Crippen LogP contribution in [0, 0.1) is 0 Å². The van der Waals surface area contributed by atoms with Crippen molar-refractivity contribution in [2.45, 2.75) is 50.6 Å². The van der Waals surface area contributed by atoms with Gasteiger partial charge in [0.2, 0.25) is 15.9 Å². The number of carbonyl (C=O) groups excluding carboxylic acids is 2. The van der Waals surface area contributed by atoms with Gasteiger partial charge in [-0.05, 0) is 63.1 Å². The minimum absolute atomic E-state index is 0.0801. The number of sulfonamides is 1. The molecule has 0 atom stereocenters. The molecular weight excluding hydrogens is 402 g/mol. The summed E-state index contributed by atoms with van der Waals surface area (Å²) in [4.78, 5) is 26.4. The normalized spacial score (nSPS) is 14.8. The van der Waals surface area contributed by atoms with Gasteiger partial charge >= 0.3 is 0 Å². The number of nitrogens with zero attached hydrogens (tertiary/aromatic N) is 1. The number of benzene rings is 2. The molecule has 30 heavy (non-hydrogen) atoms. The van der Waals surface area contributed by atoms with E-state index in [4.69, 9.17) is 0 Å². The highest BCUT2D eigenvalue weighted by molar-refractivity contribution is 7.89. The van der Waals surface area contributed by atoms with E-state index in [1.807, 2.05) is 6.07 Å². The zero-order chi connectivity index (χ0) is 21.9. The smallest absolute Gasteiger partial charge is 0.255 e. The average Bonchev–Trinajstić information content (AvgIpc) is 3.05. The molecule has 1 aliphatic rings. The summed E-state index contributed by atoms with van der Waals surface area (Å²) >= 11 is 0. The van der Waals surface area contributed by atoms with Crippen molar-refractivity contribution in [1.29, 1.82) is 0 Å². The summed E-state index contributed by atoms with van der Waals surface area (Å²) in [6, 6.07) is 13.2. The number of nitrogens with one attached hydrogen (secondary N) is 2. The van der Waals surface area contributed by atoms with Crippen LogP contribution in [-0.2, 0) is 21.4 Å². The van der Waals surface area contributed by atoms with Gasteiger partial charge in [0, 0.05) is 36.3 Å². The Morgan fingerprint density at radius 3 is 2.50 bits per heavy atom. The predicted octanol–water partition coefficient (Wildman–Crippen LogP) is 3.14. The van der Waals surface area contributed by atoms with E-state index < -0.39 is 15.6 Å². The van der Waals surface area contributed by atoms with Crippen LogP contribution < -0.4 is 10.0 Å². The average molecular weight is 430 g/mol. The van der Waals surface area contributed by atoms with Crippen LogP contribution in [0.15, 0.2) is 53.4 Å². The first-order chi connectivity index (χ1) is 14.0. The minimum Gasteiger partial charge on any atom is -0.338 e. The van der Waals surface area contributed by atoms with Gasteiger partial charge < -0.3 is 10.2 Å². The summed E-state index contributed by atoms with van der Waals surface area (Å²) < 4.78 is 27.7. The Bertz CT molecular complexity index is 1060. The molecule has 160 valence electrons. The molecule has 0 bridgehead atoms. The monoisotopic (exact) mass is 429 g/mol. The van der Waals surface area contributed by atoms with Crippen LogP contribution in [0.3, 0.4) is 0 Å². The lowest BCUT2D eigenvalue weighted by molar-refractivity contribution is -0.128. The van der Waals surface area contributed by atoms with Crippen molar-refractivity contribution in [3.05, 3.63) is 59.7 Å². The molecule has 1 heterocycles. The van der Waals surface area contributed by atoms with Crippen LogP contribution in [0.4, 0.5) is 5.69 Å². The van der Waals surface area contributed by atoms with Crippen LogP contribution in [0.1, 0.15) is 49.5 Å². The molecule has 0 radical (unpaired) electrons. The topological polar surface area (TPSA) is 95.6 Å². The van der Waals surface area contributed by atoms with Gasteiger partial charge in [0.15, 0.2) is 0 Å². The summed E-state index contributed by atoms with van der Waals surface area (Å²) in [5.41, 5.74) is 1.09. The Labute approximate surface area is 177 Å². The predicted molar refractivity (Wildman–Crippen MR) is 116 cm³/mol. The van der Waals surface area contributed by atoms with Gasteiger partial charge in [0.1, 0.15) is 0 Å². The van der Waals surface area contributed by atoms with Crippen molar-refractivity contribution in [2.24, 2.45) is 0 Å². The molecule has 8 heteroatoms. The van der Waals surface area contributed by atoms with Gasteiger partial charge in [-0.3, -0.25) is 9.59 Å². The Morgan fingerprint density at radius 2 is 1.83 bits per heavy atom. The van der Waals surface area contributed by atoms with Crippen LogP contribution in [-0.4, -0.2) is 37.2 Å². The summed E-state index contributed by atoms with van der Waals surface area (Å²) in [6.07, 6.45) is 1.44.